The average Bonchev–Trinajstić information content (AvgIpc) is 2.91. The van der Waals surface area contributed by atoms with Crippen LogP contribution in [0.3, 0.4) is 0 Å². The number of nitrogens with zero attached hydrogens (tertiary/aromatic N) is 2. The SMILES string of the molecule is Fc1c(Cl)cccc1NCc1cn2ccsc2n1. The summed E-state index contributed by atoms with van der Waals surface area (Å²) in [5.74, 6) is -0.430. The van der Waals surface area contributed by atoms with Gasteiger partial charge in [-0.2, -0.15) is 0 Å². The van der Waals surface area contributed by atoms with Gasteiger partial charge in [-0.25, -0.2) is 9.37 Å². The third-order valence-electron chi connectivity index (χ3n) is 2.55. The van der Waals surface area contributed by atoms with Crippen LogP contribution in [-0.2, 0) is 6.54 Å². The molecule has 0 bridgehead atoms. The van der Waals surface area contributed by atoms with Gasteiger partial charge in [-0.3, -0.25) is 4.40 Å². The maximum atomic E-state index is 13.6. The molecule has 92 valence electrons. The number of hydrogen-bond acceptors (Lipinski definition) is 3. The molecule has 0 spiro atoms. The van der Waals surface area contributed by atoms with Crippen molar-refractivity contribution in [2.24, 2.45) is 0 Å². The highest BCUT2D eigenvalue weighted by Crippen LogP contribution is 2.22. The average molecular weight is 282 g/mol. The second kappa shape index (κ2) is 4.59. The van der Waals surface area contributed by atoms with Crippen LogP contribution in [0, 0.1) is 5.82 Å². The van der Waals surface area contributed by atoms with E-state index in [-0.39, 0.29) is 5.02 Å². The van der Waals surface area contributed by atoms with Crippen LogP contribution in [0.1, 0.15) is 5.69 Å². The Hall–Kier alpha value is -1.59. The molecule has 1 aromatic carbocycles. The Morgan fingerprint density at radius 1 is 1.44 bits per heavy atom. The van der Waals surface area contributed by atoms with Crippen molar-refractivity contribution in [3.63, 3.8) is 0 Å². The van der Waals surface area contributed by atoms with Gasteiger partial charge in [0.15, 0.2) is 10.8 Å². The van der Waals surface area contributed by atoms with Crippen molar-refractivity contribution in [2.75, 3.05) is 5.32 Å². The smallest absolute Gasteiger partial charge is 0.193 e. The fourth-order valence-corrected chi connectivity index (χ4v) is 2.58. The van der Waals surface area contributed by atoms with Gasteiger partial charge < -0.3 is 5.32 Å². The topological polar surface area (TPSA) is 29.3 Å². The fraction of sp³-hybridized carbons (Fsp3) is 0.0833. The van der Waals surface area contributed by atoms with E-state index in [2.05, 4.69) is 10.3 Å². The Labute approximate surface area is 112 Å². The Morgan fingerprint density at radius 2 is 2.33 bits per heavy atom. The molecule has 0 atom stereocenters. The number of thiazole rings is 1. The van der Waals surface area contributed by atoms with Crippen molar-refractivity contribution in [1.29, 1.82) is 0 Å². The van der Waals surface area contributed by atoms with Crippen molar-refractivity contribution in [3.05, 3.63) is 52.5 Å². The second-order valence-electron chi connectivity index (χ2n) is 3.78. The standard InChI is InChI=1S/C12H9ClFN3S/c13-9-2-1-3-10(11(9)14)15-6-8-7-17-4-5-18-12(17)16-8/h1-5,7,15H,6H2. The van der Waals surface area contributed by atoms with Crippen LogP contribution in [0.4, 0.5) is 10.1 Å². The lowest BCUT2D eigenvalue weighted by Crippen LogP contribution is -2.01. The molecule has 18 heavy (non-hydrogen) atoms. The molecule has 0 radical (unpaired) electrons. The highest BCUT2D eigenvalue weighted by atomic mass is 35.5. The van der Waals surface area contributed by atoms with E-state index in [9.17, 15) is 4.39 Å². The van der Waals surface area contributed by atoms with Gasteiger partial charge in [0.05, 0.1) is 22.9 Å². The number of nitrogens with one attached hydrogen (secondary N) is 1. The van der Waals surface area contributed by atoms with Crippen LogP contribution in [0.25, 0.3) is 4.96 Å². The van der Waals surface area contributed by atoms with Crippen LogP contribution in [0.15, 0.2) is 36.0 Å². The van der Waals surface area contributed by atoms with Crippen molar-refractivity contribution >= 4 is 33.6 Å². The van der Waals surface area contributed by atoms with E-state index in [1.807, 2.05) is 22.2 Å². The predicted molar refractivity (Wildman–Crippen MR) is 71.8 cm³/mol. The van der Waals surface area contributed by atoms with E-state index in [0.29, 0.717) is 12.2 Å². The van der Waals surface area contributed by atoms with Crippen molar-refractivity contribution in [1.82, 2.24) is 9.38 Å². The minimum Gasteiger partial charge on any atom is -0.377 e. The zero-order valence-electron chi connectivity index (χ0n) is 9.23. The summed E-state index contributed by atoms with van der Waals surface area (Å²) >= 11 is 7.27. The number of benzene rings is 1. The minimum atomic E-state index is -0.430. The molecule has 0 aliphatic rings. The van der Waals surface area contributed by atoms with Crippen LogP contribution >= 0.6 is 22.9 Å². The van der Waals surface area contributed by atoms with E-state index in [0.717, 1.165) is 10.7 Å². The van der Waals surface area contributed by atoms with Crippen LogP contribution in [0.5, 0.6) is 0 Å². The maximum absolute atomic E-state index is 13.6. The van der Waals surface area contributed by atoms with Gasteiger partial charge in [-0.1, -0.05) is 17.7 Å². The third kappa shape index (κ3) is 2.07. The summed E-state index contributed by atoms with van der Waals surface area (Å²) in [5.41, 5.74) is 1.25. The molecule has 6 heteroatoms. The predicted octanol–water partition coefficient (Wildman–Crippen LogP) is 3.80. The summed E-state index contributed by atoms with van der Waals surface area (Å²) < 4.78 is 15.6. The molecule has 0 amide bonds. The van der Waals surface area contributed by atoms with E-state index in [1.54, 1.807) is 23.5 Å². The highest BCUT2D eigenvalue weighted by molar-refractivity contribution is 7.15. The van der Waals surface area contributed by atoms with Gasteiger partial charge in [-0.15, -0.1) is 11.3 Å². The summed E-state index contributed by atoms with van der Waals surface area (Å²) in [6, 6.07) is 4.88. The number of anilines is 1. The van der Waals surface area contributed by atoms with Crippen molar-refractivity contribution in [2.45, 2.75) is 6.54 Å². The van der Waals surface area contributed by atoms with Crippen molar-refractivity contribution < 1.29 is 4.39 Å². The minimum absolute atomic E-state index is 0.117. The number of hydrogen-bond donors (Lipinski definition) is 1. The molecule has 0 fully saturated rings. The molecule has 0 aliphatic carbocycles. The first-order chi connectivity index (χ1) is 8.74. The van der Waals surface area contributed by atoms with Gasteiger partial charge in [0, 0.05) is 17.8 Å². The molecule has 2 aromatic heterocycles. The first-order valence-corrected chi connectivity index (χ1v) is 6.59. The third-order valence-corrected chi connectivity index (χ3v) is 3.62. The number of fused-ring (bicyclic) bond motifs is 1. The van der Waals surface area contributed by atoms with Gasteiger partial charge in [0.1, 0.15) is 0 Å². The summed E-state index contributed by atoms with van der Waals surface area (Å²) in [7, 11) is 0. The number of halogens is 2. The molecule has 0 saturated carbocycles. The Balaban J connectivity index is 1.78. The molecule has 1 N–H and O–H groups in total. The normalized spacial score (nSPS) is 11.0. The fourth-order valence-electron chi connectivity index (χ4n) is 1.69. The summed E-state index contributed by atoms with van der Waals surface area (Å²) in [6.07, 6.45) is 3.86. The highest BCUT2D eigenvalue weighted by Gasteiger charge is 2.07. The summed E-state index contributed by atoms with van der Waals surface area (Å²) in [5, 5.41) is 5.08. The first-order valence-electron chi connectivity index (χ1n) is 5.33. The zero-order chi connectivity index (χ0) is 12.5. The van der Waals surface area contributed by atoms with E-state index < -0.39 is 5.82 Å². The Morgan fingerprint density at radius 3 is 3.17 bits per heavy atom. The van der Waals surface area contributed by atoms with E-state index in [1.165, 1.54) is 6.07 Å². The number of rotatable bonds is 3. The number of imidazole rings is 1. The first kappa shape index (κ1) is 11.5. The molecule has 0 aliphatic heterocycles. The quantitative estimate of drug-likeness (QED) is 0.791. The molecule has 2 heterocycles. The molecule has 3 nitrogen and oxygen atoms in total. The van der Waals surface area contributed by atoms with Crippen LogP contribution < -0.4 is 5.32 Å². The molecule has 3 aromatic rings. The van der Waals surface area contributed by atoms with E-state index in [4.69, 9.17) is 11.6 Å². The number of aromatic nitrogens is 2. The monoisotopic (exact) mass is 281 g/mol. The van der Waals surface area contributed by atoms with Gasteiger partial charge in [0.2, 0.25) is 0 Å². The molecule has 0 saturated heterocycles. The van der Waals surface area contributed by atoms with Gasteiger partial charge in [0.25, 0.3) is 0 Å². The van der Waals surface area contributed by atoms with Crippen LogP contribution in [0.2, 0.25) is 5.02 Å². The maximum Gasteiger partial charge on any atom is 0.193 e. The van der Waals surface area contributed by atoms with Gasteiger partial charge in [-0.05, 0) is 12.1 Å². The lowest BCUT2D eigenvalue weighted by Gasteiger charge is -2.06. The van der Waals surface area contributed by atoms with Crippen LogP contribution in [-0.4, -0.2) is 9.38 Å². The summed E-state index contributed by atoms with van der Waals surface area (Å²) in [6.45, 7) is 0.464. The molecular weight excluding hydrogens is 273 g/mol. The second-order valence-corrected chi connectivity index (χ2v) is 5.06. The largest absolute Gasteiger partial charge is 0.377 e. The molecule has 3 rings (SSSR count). The summed E-state index contributed by atoms with van der Waals surface area (Å²) in [4.78, 5) is 5.33. The zero-order valence-corrected chi connectivity index (χ0v) is 10.8. The van der Waals surface area contributed by atoms with Gasteiger partial charge >= 0.3 is 0 Å². The molecular formula is C12H9ClFN3S. The van der Waals surface area contributed by atoms with E-state index >= 15 is 0 Å². The Bertz CT molecular complexity index is 663. The lowest BCUT2D eigenvalue weighted by molar-refractivity contribution is 0.630. The lowest BCUT2D eigenvalue weighted by atomic mass is 10.3. The molecule has 0 unspecified atom stereocenters. The Kier molecular flexibility index (Phi) is 2.93. The van der Waals surface area contributed by atoms with Crippen molar-refractivity contribution in [3.8, 4) is 0 Å².